The van der Waals surface area contributed by atoms with Gasteiger partial charge in [-0.3, -0.25) is 0 Å². The summed E-state index contributed by atoms with van der Waals surface area (Å²) in [5.74, 6) is -0.243. The average molecular weight is 310 g/mol. The third-order valence-corrected chi connectivity index (χ3v) is 4.16. The molecule has 0 unspecified atom stereocenters. The lowest BCUT2D eigenvalue weighted by atomic mass is 10.1. The van der Waals surface area contributed by atoms with Gasteiger partial charge in [-0.05, 0) is 38.5 Å². The van der Waals surface area contributed by atoms with Crippen LogP contribution in [0.3, 0.4) is 0 Å². The fourth-order valence-corrected chi connectivity index (χ4v) is 2.52. The van der Waals surface area contributed by atoms with Gasteiger partial charge in [0.25, 0.3) is 0 Å². The summed E-state index contributed by atoms with van der Waals surface area (Å²) in [5.41, 5.74) is 0.695. The maximum absolute atomic E-state index is 13.8. The molecular formula is C16H23FN2O3. The molecule has 1 aliphatic rings. The molecule has 2 amide bonds. The van der Waals surface area contributed by atoms with Crippen LogP contribution in [-0.2, 0) is 4.74 Å². The van der Waals surface area contributed by atoms with Gasteiger partial charge in [0.05, 0.1) is 31.9 Å². The van der Waals surface area contributed by atoms with Crippen LogP contribution in [0, 0.1) is 5.82 Å². The lowest BCUT2D eigenvalue weighted by Gasteiger charge is -2.38. The van der Waals surface area contributed by atoms with Gasteiger partial charge in [-0.2, -0.15) is 0 Å². The lowest BCUT2D eigenvalue weighted by molar-refractivity contribution is -0.0379. The number of ether oxygens (including phenoxy) is 2. The number of nitrogens with zero attached hydrogens (tertiary/aromatic N) is 1. The Bertz CT molecular complexity index is 538. The Morgan fingerprint density at radius 3 is 2.86 bits per heavy atom. The number of hydrogen-bond acceptors (Lipinski definition) is 3. The molecule has 1 heterocycles. The highest BCUT2D eigenvalue weighted by atomic mass is 19.1. The first-order valence-corrected chi connectivity index (χ1v) is 7.46. The minimum atomic E-state index is -0.436. The molecule has 2 rings (SSSR count). The van der Waals surface area contributed by atoms with Gasteiger partial charge in [-0.1, -0.05) is 6.07 Å². The first-order valence-electron chi connectivity index (χ1n) is 7.46. The molecule has 0 aliphatic carbocycles. The molecule has 0 bridgehead atoms. The molecule has 0 radical (unpaired) electrons. The maximum atomic E-state index is 13.8. The highest BCUT2D eigenvalue weighted by Crippen LogP contribution is 2.22. The number of morpholine rings is 1. The normalized spacial score (nSPS) is 23.0. The number of rotatable bonds is 3. The van der Waals surface area contributed by atoms with E-state index in [1.807, 2.05) is 20.8 Å². The van der Waals surface area contributed by atoms with Crippen LogP contribution in [0.15, 0.2) is 18.2 Å². The molecule has 1 aromatic carbocycles. The van der Waals surface area contributed by atoms with Crippen molar-refractivity contribution in [2.24, 2.45) is 0 Å². The highest BCUT2D eigenvalue weighted by molar-refractivity contribution is 5.75. The summed E-state index contributed by atoms with van der Waals surface area (Å²) in [7, 11) is 1.42. The summed E-state index contributed by atoms with van der Waals surface area (Å²) in [6, 6.07) is 4.25. The van der Waals surface area contributed by atoms with E-state index in [9.17, 15) is 9.18 Å². The summed E-state index contributed by atoms with van der Waals surface area (Å²) in [4.78, 5) is 14.1. The van der Waals surface area contributed by atoms with Crippen LogP contribution in [-0.4, -0.2) is 43.3 Å². The van der Waals surface area contributed by atoms with Crippen LogP contribution < -0.4 is 10.1 Å². The molecule has 6 heteroatoms. The summed E-state index contributed by atoms with van der Waals surface area (Å²) >= 11 is 0. The van der Waals surface area contributed by atoms with Crippen LogP contribution in [0.2, 0.25) is 0 Å². The van der Waals surface area contributed by atoms with Crippen LogP contribution in [0.25, 0.3) is 0 Å². The number of carbonyl (C=O) groups excluding carboxylic acids is 1. The molecule has 22 heavy (non-hydrogen) atoms. The van der Waals surface area contributed by atoms with E-state index in [1.54, 1.807) is 17.0 Å². The van der Waals surface area contributed by atoms with Gasteiger partial charge >= 0.3 is 6.03 Å². The first-order chi connectivity index (χ1) is 10.4. The van der Waals surface area contributed by atoms with E-state index < -0.39 is 5.82 Å². The Labute approximate surface area is 130 Å². The number of urea groups is 1. The fraction of sp³-hybridized carbons (Fsp3) is 0.562. The lowest BCUT2D eigenvalue weighted by Crippen LogP contribution is -2.54. The predicted molar refractivity (Wildman–Crippen MR) is 81.5 cm³/mol. The third-order valence-electron chi connectivity index (χ3n) is 4.16. The van der Waals surface area contributed by atoms with Gasteiger partial charge in [0.1, 0.15) is 0 Å². The Morgan fingerprint density at radius 1 is 1.50 bits per heavy atom. The molecular weight excluding hydrogens is 287 g/mol. The summed E-state index contributed by atoms with van der Waals surface area (Å²) in [6.07, 6.45) is 0.00763. The van der Waals surface area contributed by atoms with Crippen molar-refractivity contribution in [1.82, 2.24) is 10.2 Å². The van der Waals surface area contributed by atoms with E-state index in [-0.39, 0.29) is 30.0 Å². The molecule has 1 fully saturated rings. The molecule has 5 nitrogen and oxygen atoms in total. The van der Waals surface area contributed by atoms with E-state index in [0.717, 1.165) is 0 Å². The number of nitrogens with one attached hydrogen (secondary N) is 1. The summed E-state index contributed by atoms with van der Waals surface area (Å²) in [5, 5.41) is 2.91. The van der Waals surface area contributed by atoms with Crippen LogP contribution in [0.4, 0.5) is 9.18 Å². The Hall–Kier alpha value is -1.82. The molecule has 0 aromatic heterocycles. The van der Waals surface area contributed by atoms with Crippen molar-refractivity contribution in [2.75, 3.05) is 20.3 Å². The number of amides is 2. The Balaban J connectivity index is 2.03. The molecule has 1 N–H and O–H groups in total. The van der Waals surface area contributed by atoms with Crippen molar-refractivity contribution in [1.29, 1.82) is 0 Å². The molecule has 3 atom stereocenters. The second-order valence-corrected chi connectivity index (χ2v) is 5.58. The number of benzene rings is 1. The molecule has 1 saturated heterocycles. The van der Waals surface area contributed by atoms with E-state index in [0.29, 0.717) is 18.7 Å². The monoisotopic (exact) mass is 310 g/mol. The van der Waals surface area contributed by atoms with Gasteiger partial charge in [-0.15, -0.1) is 0 Å². The van der Waals surface area contributed by atoms with Gasteiger partial charge in [-0.25, -0.2) is 9.18 Å². The van der Waals surface area contributed by atoms with E-state index in [2.05, 4.69) is 5.32 Å². The number of halogens is 1. The van der Waals surface area contributed by atoms with Crippen molar-refractivity contribution in [3.63, 3.8) is 0 Å². The zero-order chi connectivity index (χ0) is 16.3. The minimum Gasteiger partial charge on any atom is -0.494 e. The SMILES string of the molecule is COc1ccc([C@H](C)NC(=O)N2CCO[C@@H](C)[C@H]2C)cc1F. The largest absolute Gasteiger partial charge is 0.494 e. The number of hydrogen-bond donors (Lipinski definition) is 1. The quantitative estimate of drug-likeness (QED) is 0.934. The standard InChI is InChI=1S/C16H23FN2O3/c1-10(13-5-6-15(21-4)14(17)9-13)18-16(20)19-7-8-22-12(3)11(19)2/h5-6,9-12H,7-8H2,1-4H3,(H,18,20)/t10-,11+,12-/m0/s1. The van der Waals surface area contributed by atoms with E-state index in [1.165, 1.54) is 13.2 Å². The van der Waals surface area contributed by atoms with Gasteiger partial charge < -0.3 is 19.7 Å². The smallest absolute Gasteiger partial charge is 0.318 e. The third kappa shape index (κ3) is 3.50. The van der Waals surface area contributed by atoms with Crippen molar-refractivity contribution >= 4 is 6.03 Å². The molecule has 122 valence electrons. The van der Waals surface area contributed by atoms with Gasteiger partial charge in [0.15, 0.2) is 11.6 Å². The predicted octanol–water partition coefficient (Wildman–Crippen LogP) is 2.71. The van der Waals surface area contributed by atoms with Crippen molar-refractivity contribution in [2.45, 2.75) is 39.0 Å². The van der Waals surface area contributed by atoms with Crippen molar-refractivity contribution in [3.8, 4) is 5.75 Å². The van der Waals surface area contributed by atoms with Gasteiger partial charge in [0.2, 0.25) is 0 Å². The Kier molecular flexibility index (Phi) is 5.24. The van der Waals surface area contributed by atoms with Gasteiger partial charge in [0, 0.05) is 6.54 Å². The molecule has 0 spiro atoms. The maximum Gasteiger partial charge on any atom is 0.318 e. The zero-order valence-electron chi connectivity index (χ0n) is 13.4. The molecule has 1 aliphatic heterocycles. The number of methoxy groups -OCH3 is 1. The van der Waals surface area contributed by atoms with E-state index >= 15 is 0 Å². The van der Waals surface area contributed by atoms with Crippen molar-refractivity contribution < 1.29 is 18.7 Å². The van der Waals surface area contributed by atoms with Crippen LogP contribution in [0.1, 0.15) is 32.4 Å². The van der Waals surface area contributed by atoms with E-state index in [4.69, 9.17) is 9.47 Å². The second kappa shape index (κ2) is 6.96. The highest BCUT2D eigenvalue weighted by Gasteiger charge is 2.29. The summed E-state index contributed by atoms with van der Waals surface area (Å²) < 4.78 is 24.2. The zero-order valence-corrected chi connectivity index (χ0v) is 13.4. The minimum absolute atomic E-state index is 0.00763. The number of carbonyl (C=O) groups is 1. The molecule has 1 aromatic rings. The van der Waals surface area contributed by atoms with Crippen molar-refractivity contribution in [3.05, 3.63) is 29.6 Å². The fourth-order valence-electron chi connectivity index (χ4n) is 2.52. The topological polar surface area (TPSA) is 50.8 Å². The Morgan fingerprint density at radius 2 is 2.23 bits per heavy atom. The van der Waals surface area contributed by atoms with Crippen LogP contribution >= 0.6 is 0 Å². The average Bonchev–Trinajstić information content (AvgIpc) is 2.49. The van der Waals surface area contributed by atoms with Crippen LogP contribution in [0.5, 0.6) is 5.75 Å². The summed E-state index contributed by atoms with van der Waals surface area (Å²) in [6.45, 7) is 6.83. The second-order valence-electron chi connectivity index (χ2n) is 5.58. The first kappa shape index (κ1) is 16.5. The molecule has 0 saturated carbocycles.